The Morgan fingerprint density at radius 3 is 2.67 bits per heavy atom. The monoisotopic (exact) mass is 266 g/mol. The fraction of sp³-hybridized carbons (Fsp3) is 0.364. The maximum atomic E-state index is 12.5. The predicted molar refractivity (Wildman–Crippen MR) is 67.6 cm³/mol. The summed E-state index contributed by atoms with van der Waals surface area (Å²) in [5.41, 5.74) is 6.32. The third-order valence-corrected chi connectivity index (χ3v) is 5.10. The van der Waals surface area contributed by atoms with Crippen molar-refractivity contribution in [1.82, 2.24) is 13.7 Å². The van der Waals surface area contributed by atoms with E-state index in [1.165, 1.54) is 8.71 Å². The van der Waals surface area contributed by atoms with Gasteiger partial charge in [-0.3, -0.25) is 4.40 Å². The van der Waals surface area contributed by atoms with Crippen molar-refractivity contribution >= 4 is 21.5 Å². The van der Waals surface area contributed by atoms with Crippen molar-refractivity contribution in [2.24, 2.45) is 0 Å². The number of nitrogens with two attached hydrogens (primary N) is 1. The molecule has 96 valence electrons. The van der Waals surface area contributed by atoms with Gasteiger partial charge in [0.1, 0.15) is 5.65 Å². The van der Waals surface area contributed by atoms with E-state index in [1.807, 2.05) is 0 Å². The van der Waals surface area contributed by atoms with Gasteiger partial charge in [0, 0.05) is 19.3 Å². The predicted octanol–water partition coefficient (Wildman–Crippen LogP) is 0.701. The van der Waals surface area contributed by atoms with Crippen molar-refractivity contribution in [3.63, 3.8) is 0 Å². The summed E-state index contributed by atoms with van der Waals surface area (Å²) in [4.78, 5) is 4.09. The lowest BCUT2D eigenvalue weighted by Gasteiger charge is -2.15. The molecule has 7 heteroatoms. The van der Waals surface area contributed by atoms with Crippen LogP contribution in [0.2, 0.25) is 0 Å². The van der Waals surface area contributed by atoms with Crippen molar-refractivity contribution in [2.45, 2.75) is 17.9 Å². The van der Waals surface area contributed by atoms with E-state index in [2.05, 4.69) is 4.98 Å². The minimum Gasteiger partial charge on any atom is -0.381 e. The second-order valence-electron chi connectivity index (χ2n) is 4.34. The normalized spacial score (nSPS) is 17.6. The van der Waals surface area contributed by atoms with Crippen molar-refractivity contribution in [3.05, 3.63) is 24.4 Å². The molecule has 0 spiro atoms. The van der Waals surface area contributed by atoms with Crippen LogP contribution < -0.4 is 5.73 Å². The van der Waals surface area contributed by atoms with Crippen LogP contribution in [0.1, 0.15) is 12.8 Å². The minimum absolute atomic E-state index is 0.0631. The fourth-order valence-electron chi connectivity index (χ4n) is 2.30. The van der Waals surface area contributed by atoms with Gasteiger partial charge in [0.15, 0.2) is 10.8 Å². The highest BCUT2D eigenvalue weighted by molar-refractivity contribution is 7.89. The quantitative estimate of drug-likeness (QED) is 0.867. The molecule has 0 amide bonds. The van der Waals surface area contributed by atoms with Crippen LogP contribution in [0.5, 0.6) is 0 Å². The van der Waals surface area contributed by atoms with Gasteiger partial charge in [0.05, 0.1) is 0 Å². The molecule has 0 unspecified atom stereocenters. The summed E-state index contributed by atoms with van der Waals surface area (Å²) in [7, 11) is -3.54. The van der Waals surface area contributed by atoms with Gasteiger partial charge >= 0.3 is 0 Å². The summed E-state index contributed by atoms with van der Waals surface area (Å²) in [6.07, 6.45) is 3.47. The Kier molecular flexibility index (Phi) is 2.53. The van der Waals surface area contributed by atoms with Crippen molar-refractivity contribution < 1.29 is 8.42 Å². The standard InChI is InChI=1S/C11H14N4O2S/c12-10-11(15-8-2-1-5-9(15)13-10)18(16,17)14-6-3-4-7-14/h1-2,5,8H,3-4,6-7,12H2. The van der Waals surface area contributed by atoms with E-state index in [1.54, 1.807) is 24.4 Å². The van der Waals surface area contributed by atoms with Gasteiger partial charge in [0.25, 0.3) is 10.0 Å². The van der Waals surface area contributed by atoms with Crippen LogP contribution in [0.25, 0.3) is 5.65 Å². The molecule has 3 heterocycles. The Morgan fingerprint density at radius 2 is 1.94 bits per heavy atom. The van der Waals surface area contributed by atoms with Gasteiger partial charge in [-0.05, 0) is 25.0 Å². The summed E-state index contributed by atoms with van der Waals surface area (Å²) < 4.78 is 28.0. The number of hydrogen-bond donors (Lipinski definition) is 1. The van der Waals surface area contributed by atoms with Gasteiger partial charge < -0.3 is 5.73 Å². The maximum Gasteiger partial charge on any atom is 0.262 e. The molecule has 3 rings (SSSR count). The zero-order valence-electron chi connectivity index (χ0n) is 9.78. The molecule has 2 N–H and O–H groups in total. The van der Waals surface area contributed by atoms with Gasteiger partial charge in [0.2, 0.25) is 0 Å². The average Bonchev–Trinajstić information content (AvgIpc) is 2.94. The van der Waals surface area contributed by atoms with Crippen molar-refractivity contribution in [2.75, 3.05) is 18.8 Å². The zero-order chi connectivity index (χ0) is 12.8. The average molecular weight is 266 g/mol. The lowest BCUT2D eigenvalue weighted by molar-refractivity contribution is 0.474. The van der Waals surface area contributed by atoms with Crippen molar-refractivity contribution in [3.8, 4) is 0 Å². The van der Waals surface area contributed by atoms with Gasteiger partial charge in [-0.25, -0.2) is 13.4 Å². The highest BCUT2D eigenvalue weighted by Crippen LogP contribution is 2.26. The fourth-order valence-corrected chi connectivity index (χ4v) is 4.00. The Hall–Kier alpha value is -1.60. The van der Waals surface area contributed by atoms with Crippen molar-refractivity contribution in [1.29, 1.82) is 0 Å². The lowest BCUT2D eigenvalue weighted by Crippen LogP contribution is -2.29. The number of rotatable bonds is 2. The summed E-state index contributed by atoms with van der Waals surface area (Å²) in [6, 6.07) is 5.30. The van der Waals surface area contributed by atoms with Crippen LogP contribution in [0.4, 0.5) is 5.82 Å². The van der Waals surface area contributed by atoms with E-state index >= 15 is 0 Å². The van der Waals surface area contributed by atoms with E-state index in [4.69, 9.17) is 5.73 Å². The van der Waals surface area contributed by atoms with Crippen LogP contribution in [-0.2, 0) is 10.0 Å². The first-order chi connectivity index (χ1) is 8.60. The second kappa shape index (κ2) is 3.96. The lowest BCUT2D eigenvalue weighted by atomic mass is 10.4. The number of nitrogens with zero attached hydrogens (tertiary/aromatic N) is 3. The van der Waals surface area contributed by atoms with Crippen LogP contribution in [0, 0.1) is 0 Å². The molecular formula is C11H14N4O2S. The number of nitrogen functional groups attached to an aromatic ring is 1. The Bertz CT molecular complexity index is 686. The highest BCUT2D eigenvalue weighted by Gasteiger charge is 2.32. The SMILES string of the molecule is Nc1nc2ccccn2c1S(=O)(=O)N1CCCC1. The van der Waals surface area contributed by atoms with E-state index in [0.717, 1.165) is 12.8 Å². The molecule has 2 aromatic heterocycles. The molecular weight excluding hydrogens is 252 g/mol. The molecule has 2 aromatic rings. The van der Waals surface area contributed by atoms with E-state index in [-0.39, 0.29) is 10.8 Å². The first-order valence-electron chi connectivity index (χ1n) is 5.83. The molecule has 1 aliphatic heterocycles. The van der Waals surface area contributed by atoms with E-state index in [9.17, 15) is 8.42 Å². The summed E-state index contributed by atoms with van der Waals surface area (Å²) in [5.74, 6) is 0.0631. The van der Waals surface area contributed by atoms with Gasteiger partial charge in [-0.1, -0.05) is 6.07 Å². The summed E-state index contributed by atoms with van der Waals surface area (Å²) in [6.45, 7) is 1.11. The Balaban J connectivity index is 2.22. The number of aromatic nitrogens is 2. The first kappa shape index (κ1) is 11.5. The van der Waals surface area contributed by atoms with Crippen LogP contribution in [0.3, 0.4) is 0 Å². The number of pyridine rings is 1. The van der Waals surface area contributed by atoms with Crippen LogP contribution in [0.15, 0.2) is 29.4 Å². The molecule has 1 aliphatic rings. The summed E-state index contributed by atoms with van der Waals surface area (Å²) in [5, 5.41) is 0.0833. The molecule has 6 nitrogen and oxygen atoms in total. The van der Waals surface area contributed by atoms with Gasteiger partial charge in [-0.2, -0.15) is 4.31 Å². The minimum atomic E-state index is -3.54. The number of fused-ring (bicyclic) bond motifs is 1. The number of anilines is 1. The molecule has 18 heavy (non-hydrogen) atoms. The molecule has 0 saturated carbocycles. The second-order valence-corrected chi connectivity index (χ2v) is 6.20. The first-order valence-corrected chi connectivity index (χ1v) is 7.27. The molecule has 0 bridgehead atoms. The number of sulfonamides is 1. The molecule has 0 aromatic carbocycles. The van der Waals surface area contributed by atoms with Crippen LogP contribution >= 0.6 is 0 Å². The molecule has 1 fully saturated rings. The number of hydrogen-bond acceptors (Lipinski definition) is 4. The third-order valence-electron chi connectivity index (χ3n) is 3.16. The molecule has 1 saturated heterocycles. The largest absolute Gasteiger partial charge is 0.381 e. The molecule has 0 radical (unpaired) electrons. The Morgan fingerprint density at radius 1 is 1.22 bits per heavy atom. The van der Waals surface area contributed by atoms with Gasteiger partial charge in [-0.15, -0.1) is 0 Å². The van der Waals surface area contributed by atoms with E-state index in [0.29, 0.717) is 18.7 Å². The molecule has 0 aliphatic carbocycles. The summed E-state index contributed by atoms with van der Waals surface area (Å²) >= 11 is 0. The maximum absolute atomic E-state index is 12.5. The van der Waals surface area contributed by atoms with E-state index < -0.39 is 10.0 Å². The third kappa shape index (κ3) is 1.58. The topological polar surface area (TPSA) is 80.7 Å². The van der Waals surface area contributed by atoms with Crippen LogP contribution in [-0.4, -0.2) is 35.2 Å². The zero-order valence-corrected chi connectivity index (χ0v) is 10.6. The number of imidazole rings is 1. The molecule has 0 atom stereocenters. The Labute approximate surface area is 105 Å². The highest BCUT2D eigenvalue weighted by atomic mass is 32.2. The smallest absolute Gasteiger partial charge is 0.262 e.